The smallest absolute Gasteiger partial charge is 0.254 e. The Hall–Kier alpha value is -1.94. The van der Waals surface area contributed by atoms with Gasteiger partial charge in [-0.15, -0.1) is 0 Å². The van der Waals surface area contributed by atoms with Gasteiger partial charge in [-0.25, -0.2) is 0 Å². The molecule has 0 unspecified atom stereocenters. The third kappa shape index (κ3) is 2.80. The molecule has 2 aliphatic rings. The van der Waals surface area contributed by atoms with Crippen molar-refractivity contribution in [1.82, 2.24) is 9.88 Å². The molecule has 2 heterocycles. The van der Waals surface area contributed by atoms with E-state index in [1.165, 1.54) is 12.8 Å². The fourth-order valence-electron chi connectivity index (χ4n) is 3.79. The van der Waals surface area contributed by atoms with Crippen LogP contribution in [0.4, 0.5) is 0 Å². The van der Waals surface area contributed by atoms with Gasteiger partial charge < -0.3 is 10.6 Å². The Morgan fingerprint density at radius 3 is 2.75 bits per heavy atom. The predicted molar refractivity (Wildman–Crippen MR) is 96.2 cm³/mol. The second-order valence-electron chi connectivity index (χ2n) is 7.52. The highest BCUT2D eigenvalue weighted by molar-refractivity contribution is 6.06. The van der Waals surface area contributed by atoms with Gasteiger partial charge in [-0.2, -0.15) is 0 Å². The Morgan fingerprint density at radius 2 is 2.04 bits per heavy atom. The number of nitrogens with zero attached hydrogens (tertiary/aromatic N) is 2. The highest BCUT2D eigenvalue weighted by Crippen LogP contribution is 2.40. The van der Waals surface area contributed by atoms with Crippen LogP contribution in [0.15, 0.2) is 24.3 Å². The van der Waals surface area contributed by atoms with Crippen LogP contribution >= 0.6 is 0 Å². The third-order valence-electron chi connectivity index (χ3n) is 5.39. The van der Waals surface area contributed by atoms with E-state index in [9.17, 15) is 4.79 Å². The first-order valence-electron chi connectivity index (χ1n) is 9.01. The maximum absolute atomic E-state index is 13.3. The summed E-state index contributed by atoms with van der Waals surface area (Å²) in [5, 5.41) is 0.978. The zero-order chi connectivity index (χ0) is 16.8. The molecule has 2 fully saturated rings. The summed E-state index contributed by atoms with van der Waals surface area (Å²) >= 11 is 0. The number of aromatic nitrogens is 1. The number of carbonyl (C=O) groups is 1. The first kappa shape index (κ1) is 15.6. The minimum absolute atomic E-state index is 0.134. The van der Waals surface area contributed by atoms with E-state index in [0.717, 1.165) is 47.1 Å². The van der Waals surface area contributed by atoms with E-state index in [-0.39, 0.29) is 18.0 Å². The summed E-state index contributed by atoms with van der Waals surface area (Å²) < 4.78 is 0. The maximum atomic E-state index is 13.3. The lowest BCUT2D eigenvalue weighted by molar-refractivity contribution is 0.0621. The van der Waals surface area contributed by atoms with Gasteiger partial charge >= 0.3 is 0 Å². The van der Waals surface area contributed by atoms with Gasteiger partial charge in [-0.3, -0.25) is 9.78 Å². The highest BCUT2D eigenvalue weighted by Gasteiger charge is 2.31. The molecular weight excluding hydrogens is 298 g/mol. The largest absolute Gasteiger partial charge is 0.336 e. The lowest BCUT2D eigenvalue weighted by Gasteiger charge is -2.36. The van der Waals surface area contributed by atoms with Gasteiger partial charge in [0.05, 0.1) is 11.1 Å². The van der Waals surface area contributed by atoms with Crippen molar-refractivity contribution >= 4 is 16.8 Å². The van der Waals surface area contributed by atoms with Gasteiger partial charge in [0.25, 0.3) is 5.91 Å². The molecule has 4 heteroatoms. The summed E-state index contributed by atoms with van der Waals surface area (Å²) in [5.41, 5.74) is 10.1. The van der Waals surface area contributed by atoms with Crippen LogP contribution in [0.3, 0.4) is 0 Å². The Morgan fingerprint density at radius 1 is 1.25 bits per heavy atom. The zero-order valence-corrected chi connectivity index (χ0v) is 14.5. The number of fused-ring (bicyclic) bond motifs is 1. The Kier molecular flexibility index (Phi) is 3.80. The van der Waals surface area contributed by atoms with E-state index in [4.69, 9.17) is 10.7 Å². The second-order valence-corrected chi connectivity index (χ2v) is 7.52. The zero-order valence-electron chi connectivity index (χ0n) is 14.5. The monoisotopic (exact) mass is 323 g/mol. The SMILES string of the molecule is Cc1ccc2nc(C3CC3)cc(C(=O)N3CC[C@@H](N)C[C@@H]3C)c2c1. The van der Waals surface area contributed by atoms with Gasteiger partial charge in [0.15, 0.2) is 0 Å². The van der Waals surface area contributed by atoms with Crippen molar-refractivity contribution in [3.8, 4) is 0 Å². The number of benzene rings is 1. The van der Waals surface area contributed by atoms with Crippen LogP contribution in [0.1, 0.15) is 60.1 Å². The molecule has 2 N–H and O–H groups in total. The molecule has 1 amide bonds. The Bertz CT molecular complexity index is 797. The average Bonchev–Trinajstić information content (AvgIpc) is 3.38. The topological polar surface area (TPSA) is 59.2 Å². The van der Waals surface area contributed by atoms with Crippen molar-refractivity contribution in [2.24, 2.45) is 5.73 Å². The van der Waals surface area contributed by atoms with Gasteiger partial charge in [-0.05, 0) is 57.7 Å². The number of piperidine rings is 1. The molecule has 1 saturated heterocycles. The molecule has 1 aliphatic heterocycles. The fraction of sp³-hybridized carbons (Fsp3) is 0.500. The lowest BCUT2D eigenvalue weighted by Crippen LogP contribution is -2.48. The molecule has 1 aliphatic carbocycles. The molecule has 0 spiro atoms. The summed E-state index contributed by atoms with van der Waals surface area (Å²) in [4.78, 5) is 20.1. The Labute approximate surface area is 143 Å². The molecule has 1 aromatic carbocycles. The number of hydrogen-bond donors (Lipinski definition) is 1. The molecule has 1 aromatic heterocycles. The molecule has 4 rings (SSSR count). The summed E-state index contributed by atoms with van der Waals surface area (Å²) in [7, 11) is 0. The van der Waals surface area contributed by atoms with Gasteiger partial charge in [0.1, 0.15) is 0 Å². The number of amides is 1. The van der Waals surface area contributed by atoms with Gasteiger partial charge in [0.2, 0.25) is 0 Å². The predicted octanol–water partition coefficient (Wildman–Crippen LogP) is 3.37. The van der Waals surface area contributed by atoms with Crippen LogP contribution in [-0.2, 0) is 0 Å². The van der Waals surface area contributed by atoms with E-state index in [2.05, 4.69) is 26.0 Å². The molecule has 0 bridgehead atoms. The molecule has 1 saturated carbocycles. The number of nitrogens with two attached hydrogens (primary N) is 1. The van der Waals surface area contributed by atoms with E-state index >= 15 is 0 Å². The molecule has 4 nitrogen and oxygen atoms in total. The van der Waals surface area contributed by atoms with Crippen molar-refractivity contribution in [1.29, 1.82) is 0 Å². The standard InChI is InChI=1S/C20H25N3O/c1-12-3-6-18-16(9-12)17(11-19(22-18)14-4-5-14)20(24)23-8-7-15(21)10-13(23)2/h3,6,9,11,13-15H,4-5,7-8,10,21H2,1-2H3/t13-,15+/m0/s1. The van der Waals surface area contributed by atoms with Crippen LogP contribution in [0.5, 0.6) is 0 Å². The minimum atomic E-state index is 0.134. The fourth-order valence-corrected chi connectivity index (χ4v) is 3.79. The summed E-state index contributed by atoms with van der Waals surface area (Å²) in [6.07, 6.45) is 4.14. The summed E-state index contributed by atoms with van der Waals surface area (Å²) in [6.45, 7) is 4.91. The molecule has 24 heavy (non-hydrogen) atoms. The first-order chi connectivity index (χ1) is 11.5. The van der Waals surface area contributed by atoms with E-state index < -0.39 is 0 Å². The van der Waals surface area contributed by atoms with Crippen molar-refractivity contribution in [3.05, 3.63) is 41.1 Å². The second kappa shape index (κ2) is 5.85. The third-order valence-corrected chi connectivity index (χ3v) is 5.39. The van der Waals surface area contributed by atoms with Crippen molar-refractivity contribution in [3.63, 3.8) is 0 Å². The van der Waals surface area contributed by atoms with Crippen molar-refractivity contribution < 1.29 is 4.79 Å². The van der Waals surface area contributed by atoms with Crippen LogP contribution in [0.25, 0.3) is 10.9 Å². The average molecular weight is 323 g/mol. The Balaban J connectivity index is 1.79. The van der Waals surface area contributed by atoms with Crippen LogP contribution < -0.4 is 5.73 Å². The molecule has 2 aromatic rings. The van der Waals surface area contributed by atoms with E-state index in [0.29, 0.717) is 5.92 Å². The van der Waals surface area contributed by atoms with Crippen LogP contribution in [-0.4, -0.2) is 34.4 Å². The number of likely N-dealkylation sites (tertiary alicyclic amines) is 1. The van der Waals surface area contributed by atoms with E-state index in [1.54, 1.807) is 0 Å². The molecule has 2 atom stereocenters. The molecule has 0 radical (unpaired) electrons. The normalized spacial score (nSPS) is 24.4. The quantitative estimate of drug-likeness (QED) is 0.922. The molecular formula is C20H25N3O. The van der Waals surface area contributed by atoms with Crippen molar-refractivity contribution in [2.45, 2.75) is 57.5 Å². The van der Waals surface area contributed by atoms with Crippen LogP contribution in [0, 0.1) is 6.92 Å². The van der Waals surface area contributed by atoms with E-state index in [1.807, 2.05) is 17.0 Å². The first-order valence-corrected chi connectivity index (χ1v) is 9.01. The van der Waals surface area contributed by atoms with Gasteiger partial charge in [-0.1, -0.05) is 11.6 Å². The molecule has 126 valence electrons. The van der Waals surface area contributed by atoms with Crippen LogP contribution in [0.2, 0.25) is 0 Å². The number of hydrogen-bond acceptors (Lipinski definition) is 3. The summed E-state index contributed by atoms with van der Waals surface area (Å²) in [6, 6.07) is 8.66. The highest BCUT2D eigenvalue weighted by atomic mass is 16.2. The lowest BCUT2D eigenvalue weighted by atomic mass is 9.96. The number of carbonyl (C=O) groups excluding carboxylic acids is 1. The van der Waals surface area contributed by atoms with Crippen molar-refractivity contribution in [2.75, 3.05) is 6.54 Å². The number of aryl methyl sites for hydroxylation is 1. The summed E-state index contributed by atoms with van der Waals surface area (Å²) in [5.74, 6) is 0.670. The minimum Gasteiger partial charge on any atom is -0.336 e. The maximum Gasteiger partial charge on any atom is 0.254 e. The number of rotatable bonds is 2. The van der Waals surface area contributed by atoms with Gasteiger partial charge in [0, 0.05) is 35.6 Å². The number of pyridine rings is 1.